The van der Waals surface area contributed by atoms with Crippen LogP contribution in [-0.4, -0.2) is 97.5 Å². The molecule has 0 aromatic heterocycles. The second-order valence-corrected chi connectivity index (χ2v) is 17.8. The molecule has 0 radical (unpaired) electrons. The maximum atomic E-state index is 12.8. The predicted molar refractivity (Wildman–Crippen MR) is 239 cm³/mol. The van der Waals surface area contributed by atoms with Gasteiger partial charge in [-0.15, -0.1) is 0 Å². The monoisotopic (exact) mass is 877 g/mol. The summed E-state index contributed by atoms with van der Waals surface area (Å²) >= 11 is 0. The molecular weight excluding hydrogens is 789 g/mol. The second kappa shape index (κ2) is 39.2. The number of ether oxygens (including phenoxy) is 4. The molecule has 1 rings (SSSR count). The first-order valence-electron chi connectivity index (χ1n) is 24.1. The molecule has 1 heterocycles. The molecule has 0 aliphatic carbocycles. The Morgan fingerprint density at radius 1 is 0.633 bits per heavy atom. The third-order valence-electron chi connectivity index (χ3n) is 11.1. The van der Waals surface area contributed by atoms with Gasteiger partial charge in [0.15, 0.2) is 6.29 Å². The molecule has 0 aromatic carbocycles. The number of esters is 1. The van der Waals surface area contributed by atoms with Gasteiger partial charge in [-0.2, -0.15) is 8.42 Å². The van der Waals surface area contributed by atoms with Gasteiger partial charge in [-0.05, 0) is 44.9 Å². The molecule has 0 aromatic rings. The molecule has 0 spiro atoms. The summed E-state index contributed by atoms with van der Waals surface area (Å²) in [5, 5.41) is 30.6. The van der Waals surface area contributed by atoms with Crippen LogP contribution in [0.25, 0.3) is 0 Å². The van der Waals surface area contributed by atoms with Crippen molar-refractivity contribution in [3.63, 3.8) is 0 Å². The fourth-order valence-electron chi connectivity index (χ4n) is 7.41. The van der Waals surface area contributed by atoms with Gasteiger partial charge in [0.2, 0.25) is 0 Å². The maximum absolute atomic E-state index is 12.8. The Morgan fingerprint density at radius 2 is 1.10 bits per heavy atom. The van der Waals surface area contributed by atoms with E-state index in [2.05, 4.69) is 42.3 Å². The highest BCUT2D eigenvalue weighted by Gasteiger charge is 2.48. The average Bonchev–Trinajstić information content (AvgIpc) is 3.22. The van der Waals surface area contributed by atoms with Crippen molar-refractivity contribution in [1.29, 1.82) is 0 Å². The Kier molecular flexibility index (Phi) is 37.0. The number of aliphatic hydroxyl groups is 3. The molecule has 1 aliphatic heterocycles. The van der Waals surface area contributed by atoms with Crippen LogP contribution < -0.4 is 0 Å². The van der Waals surface area contributed by atoms with Crippen molar-refractivity contribution in [2.75, 3.05) is 26.4 Å². The lowest BCUT2D eigenvalue weighted by atomic mass is 9.99. The molecule has 0 saturated carbocycles. The smallest absolute Gasteiger partial charge is 0.397 e. The molecule has 6 atom stereocenters. The van der Waals surface area contributed by atoms with E-state index in [4.69, 9.17) is 23.5 Å². The van der Waals surface area contributed by atoms with Crippen LogP contribution in [0.4, 0.5) is 0 Å². The van der Waals surface area contributed by atoms with Crippen LogP contribution in [0.2, 0.25) is 0 Å². The molecule has 6 unspecified atom stereocenters. The molecule has 1 fully saturated rings. The van der Waals surface area contributed by atoms with Crippen LogP contribution in [0.5, 0.6) is 0 Å². The molecule has 354 valence electrons. The zero-order valence-electron chi connectivity index (χ0n) is 37.8. The molecule has 1 saturated heterocycles. The largest absolute Gasteiger partial charge is 0.457 e. The minimum atomic E-state index is -5.06. The van der Waals surface area contributed by atoms with Crippen LogP contribution in [-0.2, 0) is 38.3 Å². The summed E-state index contributed by atoms with van der Waals surface area (Å²) in [6.45, 7) is 3.97. The van der Waals surface area contributed by atoms with Gasteiger partial charge in [-0.3, -0.25) is 9.35 Å². The van der Waals surface area contributed by atoms with E-state index < -0.39 is 59.8 Å². The lowest BCUT2D eigenvalue weighted by molar-refractivity contribution is -0.301. The van der Waals surface area contributed by atoms with Gasteiger partial charge < -0.3 is 34.3 Å². The Labute approximate surface area is 365 Å². The van der Waals surface area contributed by atoms with E-state index in [1.807, 2.05) is 0 Å². The summed E-state index contributed by atoms with van der Waals surface area (Å²) in [4.78, 5) is 12.8. The Balaban J connectivity index is 2.29. The summed E-state index contributed by atoms with van der Waals surface area (Å²) in [7, 11) is -5.06. The standard InChI is InChI=1S/C47H88O12S/c1-3-5-7-9-11-13-14-15-16-17-18-19-20-21-22-23-24-25-26-27-29-31-33-35-37-55-39-41(57-43(49)36-34-32-30-28-12-10-8-6-4-2)40-56-47-45(51)46(59-60(52,53)54)44(50)42(38-48)58-47/h14-15,17-18,41-42,44-48,50-51H,3-13,16,19-40H2,1-2H3,(H,52,53,54)/b15-14-,18-17-. The topological polar surface area (TPSA) is 178 Å². The molecule has 4 N–H and O–H groups in total. The van der Waals surface area contributed by atoms with E-state index in [0.29, 0.717) is 13.0 Å². The van der Waals surface area contributed by atoms with Gasteiger partial charge >= 0.3 is 16.4 Å². The van der Waals surface area contributed by atoms with Gasteiger partial charge in [-0.1, -0.05) is 179 Å². The first-order chi connectivity index (χ1) is 29.1. The Morgan fingerprint density at radius 3 is 1.58 bits per heavy atom. The minimum absolute atomic E-state index is 0.0387. The third-order valence-corrected chi connectivity index (χ3v) is 11.5. The van der Waals surface area contributed by atoms with E-state index in [1.165, 1.54) is 135 Å². The number of carbonyl (C=O) groups is 1. The number of unbranched alkanes of at least 4 members (excludes halogenated alkanes) is 25. The highest BCUT2D eigenvalue weighted by molar-refractivity contribution is 7.80. The predicted octanol–water partition coefficient (Wildman–Crippen LogP) is 10.4. The summed E-state index contributed by atoms with van der Waals surface area (Å²) in [6.07, 6.45) is 35.2. The Bertz CT molecular complexity index is 1150. The number of carbonyl (C=O) groups excluding carboxylic acids is 1. The highest BCUT2D eigenvalue weighted by atomic mass is 32.3. The fraction of sp³-hybridized carbons (Fsp3) is 0.894. The van der Waals surface area contributed by atoms with Crippen molar-refractivity contribution in [3.05, 3.63) is 24.3 Å². The van der Waals surface area contributed by atoms with E-state index in [9.17, 15) is 28.5 Å². The maximum Gasteiger partial charge on any atom is 0.397 e. The van der Waals surface area contributed by atoms with Gasteiger partial charge in [-0.25, -0.2) is 4.18 Å². The first kappa shape index (κ1) is 56.6. The summed E-state index contributed by atoms with van der Waals surface area (Å²) in [5.41, 5.74) is 0. The first-order valence-corrected chi connectivity index (χ1v) is 25.5. The molecular formula is C47H88O12S. The van der Waals surface area contributed by atoms with E-state index in [-0.39, 0.29) is 19.6 Å². The fourth-order valence-corrected chi connectivity index (χ4v) is 7.92. The van der Waals surface area contributed by atoms with Gasteiger partial charge in [0.05, 0.1) is 19.8 Å². The van der Waals surface area contributed by atoms with Gasteiger partial charge in [0, 0.05) is 13.0 Å². The zero-order valence-corrected chi connectivity index (χ0v) is 38.6. The molecule has 13 heteroatoms. The zero-order chi connectivity index (χ0) is 43.9. The van der Waals surface area contributed by atoms with Crippen LogP contribution in [0.3, 0.4) is 0 Å². The SMILES string of the molecule is CCCCCCC/C=C\C/C=C\CCCCCCCCCCCCCCOCC(COC1OC(CO)C(O)C(OS(=O)(=O)O)C1O)OC(=O)CCCCCCCCCCC. The van der Waals surface area contributed by atoms with Crippen molar-refractivity contribution >= 4 is 16.4 Å². The summed E-state index contributed by atoms with van der Waals surface area (Å²) < 4.78 is 59.0. The number of hydrogen-bond acceptors (Lipinski definition) is 11. The molecule has 12 nitrogen and oxygen atoms in total. The number of allylic oxidation sites excluding steroid dienone is 4. The highest BCUT2D eigenvalue weighted by Crippen LogP contribution is 2.26. The van der Waals surface area contributed by atoms with Gasteiger partial charge in [0.25, 0.3) is 0 Å². The van der Waals surface area contributed by atoms with Crippen LogP contribution in [0.15, 0.2) is 24.3 Å². The van der Waals surface area contributed by atoms with E-state index in [0.717, 1.165) is 44.9 Å². The van der Waals surface area contributed by atoms with E-state index in [1.54, 1.807) is 0 Å². The third kappa shape index (κ3) is 32.3. The Hall–Kier alpha value is -1.42. The number of hydrogen-bond donors (Lipinski definition) is 4. The van der Waals surface area contributed by atoms with Gasteiger partial charge in [0.1, 0.15) is 30.5 Å². The number of rotatable bonds is 42. The lowest BCUT2D eigenvalue weighted by Crippen LogP contribution is -2.60. The van der Waals surface area contributed by atoms with Crippen LogP contribution in [0, 0.1) is 0 Å². The van der Waals surface area contributed by atoms with Crippen molar-refractivity contribution in [2.45, 2.75) is 243 Å². The van der Waals surface area contributed by atoms with Crippen molar-refractivity contribution in [2.24, 2.45) is 0 Å². The minimum Gasteiger partial charge on any atom is -0.457 e. The van der Waals surface area contributed by atoms with Crippen molar-refractivity contribution in [1.82, 2.24) is 0 Å². The van der Waals surface area contributed by atoms with Crippen LogP contribution in [0.1, 0.15) is 206 Å². The molecule has 1 aliphatic rings. The normalized spacial score (nSPS) is 20.4. The van der Waals surface area contributed by atoms with Crippen molar-refractivity contribution < 1.29 is 56.2 Å². The van der Waals surface area contributed by atoms with Crippen molar-refractivity contribution in [3.8, 4) is 0 Å². The molecule has 60 heavy (non-hydrogen) atoms. The molecule has 0 bridgehead atoms. The van der Waals surface area contributed by atoms with Crippen LogP contribution >= 0.6 is 0 Å². The summed E-state index contributed by atoms with van der Waals surface area (Å²) in [5.74, 6) is -0.401. The van der Waals surface area contributed by atoms with E-state index >= 15 is 0 Å². The quantitative estimate of drug-likeness (QED) is 0.0198. The average molecular weight is 877 g/mol. The second-order valence-electron chi connectivity index (χ2n) is 16.7. The molecule has 0 amide bonds. The summed E-state index contributed by atoms with van der Waals surface area (Å²) in [6, 6.07) is 0. The number of aliphatic hydroxyl groups excluding tert-OH is 3. The lowest BCUT2D eigenvalue weighted by Gasteiger charge is -2.41.